The van der Waals surface area contributed by atoms with Gasteiger partial charge in [0.2, 0.25) is 0 Å². The van der Waals surface area contributed by atoms with Crippen molar-refractivity contribution in [3.63, 3.8) is 0 Å². The summed E-state index contributed by atoms with van der Waals surface area (Å²) in [5, 5.41) is 0. The van der Waals surface area contributed by atoms with Crippen LogP contribution in [0.3, 0.4) is 0 Å². The minimum absolute atomic E-state index is 0.139. The standard InChI is InChI=1S/C16H18FNO2/c1-11(18)9-14-15(17)7-4-8-16(14)20-13-6-3-5-12(10-13)19-2/h3-8,10-11H,9,18H2,1-2H3. The topological polar surface area (TPSA) is 44.5 Å². The Morgan fingerprint density at radius 3 is 2.55 bits per heavy atom. The third kappa shape index (κ3) is 3.48. The second kappa shape index (κ2) is 6.39. The molecule has 0 aliphatic rings. The van der Waals surface area contributed by atoms with Crippen LogP contribution in [0.4, 0.5) is 4.39 Å². The smallest absolute Gasteiger partial charge is 0.133 e. The highest BCUT2D eigenvalue weighted by molar-refractivity contribution is 5.41. The van der Waals surface area contributed by atoms with E-state index in [4.69, 9.17) is 15.2 Å². The van der Waals surface area contributed by atoms with Gasteiger partial charge in [0.25, 0.3) is 0 Å². The Hall–Kier alpha value is -2.07. The average molecular weight is 275 g/mol. The fourth-order valence-electron chi connectivity index (χ4n) is 1.95. The maximum atomic E-state index is 13.9. The van der Waals surface area contributed by atoms with Crippen molar-refractivity contribution in [3.8, 4) is 17.2 Å². The van der Waals surface area contributed by atoms with Crippen LogP contribution in [0.15, 0.2) is 42.5 Å². The molecule has 20 heavy (non-hydrogen) atoms. The number of halogens is 1. The number of nitrogens with two attached hydrogens (primary N) is 1. The Morgan fingerprint density at radius 1 is 1.15 bits per heavy atom. The molecule has 2 aromatic rings. The highest BCUT2D eigenvalue weighted by Gasteiger charge is 2.12. The van der Waals surface area contributed by atoms with E-state index in [2.05, 4.69) is 0 Å². The summed E-state index contributed by atoms with van der Waals surface area (Å²) in [4.78, 5) is 0. The number of methoxy groups -OCH3 is 1. The van der Waals surface area contributed by atoms with Gasteiger partial charge in [-0.3, -0.25) is 0 Å². The van der Waals surface area contributed by atoms with Crippen LogP contribution in [0.1, 0.15) is 12.5 Å². The Bertz CT molecular complexity index is 584. The summed E-state index contributed by atoms with van der Waals surface area (Å²) in [6.07, 6.45) is 0.423. The monoisotopic (exact) mass is 275 g/mol. The first-order chi connectivity index (χ1) is 9.60. The normalized spacial score (nSPS) is 12.0. The zero-order valence-electron chi connectivity index (χ0n) is 11.6. The number of hydrogen-bond acceptors (Lipinski definition) is 3. The molecule has 0 heterocycles. The SMILES string of the molecule is COc1cccc(Oc2cccc(F)c2CC(C)N)c1. The Labute approximate surface area is 118 Å². The maximum absolute atomic E-state index is 13.9. The van der Waals surface area contributed by atoms with Crippen molar-refractivity contribution < 1.29 is 13.9 Å². The van der Waals surface area contributed by atoms with Crippen LogP contribution in [0.25, 0.3) is 0 Å². The van der Waals surface area contributed by atoms with E-state index in [1.54, 1.807) is 31.4 Å². The van der Waals surface area contributed by atoms with E-state index in [9.17, 15) is 4.39 Å². The van der Waals surface area contributed by atoms with E-state index in [1.165, 1.54) is 6.07 Å². The number of hydrogen-bond donors (Lipinski definition) is 1. The van der Waals surface area contributed by atoms with Crippen LogP contribution in [0.5, 0.6) is 17.2 Å². The molecule has 1 atom stereocenters. The zero-order valence-corrected chi connectivity index (χ0v) is 11.6. The predicted octanol–water partition coefficient (Wildman–Crippen LogP) is 3.52. The molecule has 4 heteroatoms. The summed E-state index contributed by atoms with van der Waals surface area (Å²) in [6.45, 7) is 1.84. The molecule has 3 nitrogen and oxygen atoms in total. The summed E-state index contributed by atoms with van der Waals surface area (Å²) in [7, 11) is 1.59. The van der Waals surface area contributed by atoms with Gasteiger partial charge in [-0.1, -0.05) is 12.1 Å². The molecule has 0 aliphatic carbocycles. The minimum atomic E-state index is -0.303. The van der Waals surface area contributed by atoms with E-state index in [-0.39, 0.29) is 11.9 Å². The molecule has 2 aromatic carbocycles. The van der Waals surface area contributed by atoms with Crippen LogP contribution in [0, 0.1) is 5.82 Å². The van der Waals surface area contributed by atoms with Crippen molar-refractivity contribution in [2.24, 2.45) is 5.73 Å². The number of ether oxygens (including phenoxy) is 2. The molecule has 0 fully saturated rings. The van der Waals surface area contributed by atoms with E-state index in [1.807, 2.05) is 19.1 Å². The molecule has 2 rings (SSSR count). The minimum Gasteiger partial charge on any atom is -0.497 e. The van der Waals surface area contributed by atoms with Gasteiger partial charge < -0.3 is 15.2 Å². The molecule has 0 radical (unpaired) electrons. The van der Waals surface area contributed by atoms with Gasteiger partial charge in [0.1, 0.15) is 23.1 Å². The molecular formula is C16H18FNO2. The van der Waals surface area contributed by atoms with E-state index in [0.717, 1.165) is 0 Å². The third-order valence-electron chi connectivity index (χ3n) is 2.87. The lowest BCUT2D eigenvalue weighted by molar-refractivity contribution is 0.408. The second-order valence-corrected chi connectivity index (χ2v) is 4.68. The number of rotatable bonds is 5. The van der Waals surface area contributed by atoms with Gasteiger partial charge in [-0.25, -0.2) is 4.39 Å². The maximum Gasteiger partial charge on any atom is 0.133 e. The van der Waals surface area contributed by atoms with Crippen molar-refractivity contribution in [2.75, 3.05) is 7.11 Å². The lowest BCUT2D eigenvalue weighted by Crippen LogP contribution is -2.19. The molecular weight excluding hydrogens is 257 g/mol. The van der Waals surface area contributed by atoms with Crippen LogP contribution in [0.2, 0.25) is 0 Å². The summed E-state index contributed by atoms with van der Waals surface area (Å²) < 4.78 is 24.8. The summed E-state index contributed by atoms with van der Waals surface area (Å²) in [5.41, 5.74) is 6.25. The first-order valence-corrected chi connectivity index (χ1v) is 6.45. The van der Waals surface area contributed by atoms with Crippen molar-refractivity contribution in [3.05, 3.63) is 53.8 Å². The zero-order chi connectivity index (χ0) is 14.5. The first-order valence-electron chi connectivity index (χ1n) is 6.45. The highest BCUT2D eigenvalue weighted by Crippen LogP contribution is 2.29. The van der Waals surface area contributed by atoms with Crippen molar-refractivity contribution in [1.82, 2.24) is 0 Å². The molecule has 0 aliphatic heterocycles. The van der Waals surface area contributed by atoms with Gasteiger partial charge in [-0.15, -0.1) is 0 Å². The number of benzene rings is 2. The quantitative estimate of drug-likeness (QED) is 0.908. The van der Waals surface area contributed by atoms with E-state index < -0.39 is 0 Å². The van der Waals surface area contributed by atoms with Gasteiger partial charge in [0.05, 0.1) is 7.11 Å². The molecule has 2 N–H and O–H groups in total. The lowest BCUT2D eigenvalue weighted by atomic mass is 10.1. The van der Waals surface area contributed by atoms with Crippen LogP contribution in [-0.2, 0) is 6.42 Å². The average Bonchev–Trinajstić information content (AvgIpc) is 2.42. The molecule has 0 bridgehead atoms. The molecule has 106 valence electrons. The predicted molar refractivity (Wildman–Crippen MR) is 76.8 cm³/mol. The summed E-state index contributed by atoms with van der Waals surface area (Å²) in [5.74, 6) is 1.46. The fourth-order valence-corrected chi connectivity index (χ4v) is 1.95. The molecule has 0 spiro atoms. The molecule has 1 unspecified atom stereocenters. The van der Waals surface area contributed by atoms with Gasteiger partial charge in [0.15, 0.2) is 0 Å². The first kappa shape index (κ1) is 14.3. The van der Waals surface area contributed by atoms with Gasteiger partial charge in [0, 0.05) is 17.7 Å². The lowest BCUT2D eigenvalue weighted by Gasteiger charge is -2.14. The largest absolute Gasteiger partial charge is 0.497 e. The summed E-state index contributed by atoms with van der Waals surface area (Å²) >= 11 is 0. The van der Waals surface area contributed by atoms with E-state index in [0.29, 0.717) is 29.2 Å². The van der Waals surface area contributed by atoms with Gasteiger partial charge in [-0.05, 0) is 37.6 Å². The Kier molecular flexibility index (Phi) is 4.58. The second-order valence-electron chi connectivity index (χ2n) is 4.68. The Morgan fingerprint density at radius 2 is 1.85 bits per heavy atom. The molecule has 0 amide bonds. The van der Waals surface area contributed by atoms with Crippen LogP contribution < -0.4 is 15.2 Å². The molecule has 0 aromatic heterocycles. The summed E-state index contributed by atoms with van der Waals surface area (Å²) in [6, 6.07) is 11.8. The fraction of sp³-hybridized carbons (Fsp3) is 0.250. The van der Waals surface area contributed by atoms with Crippen molar-refractivity contribution >= 4 is 0 Å². The molecule has 0 saturated carbocycles. The third-order valence-corrected chi connectivity index (χ3v) is 2.87. The van der Waals surface area contributed by atoms with Crippen molar-refractivity contribution in [1.29, 1.82) is 0 Å². The van der Waals surface area contributed by atoms with Gasteiger partial charge >= 0.3 is 0 Å². The van der Waals surface area contributed by atoms with E-state index >= 15 is 0 Å². The molecule has 0 saturated heterocycles. The van der Waals surface area contributed by atoms with Crippen LogP contribution in [-0.4, -0.2) is 13.2 Å². The van der Waals surface area contributed by atoms with Crippen molar-refractivity contribution in [2.45, 2.75) is 19.4 Å². The van der Waals surface area contributed by atoms with Crippen LogP contribution >= 0.6 is 0 Å². The van der Waals surface area contributed by atoms with Gasteiger partial charge in [-0.2, -0.15) is 0 Å². The Balaban J connectivity index is 2.30. The highest BCUT2D eigenvalue weighted by atomic mass is 19.1.